The van der Waals surface area contributed by atoms with Gasteiger partial charge in [0.2, 0.25) is 0 Å². The number of rotatable bonds is 2. The van der Waals surface area contributed by atoms with Crippen molar-refractivity contribution in [2.24, 2.45) is 0 Å². The summed E-state index contributed by atoms with van der Waals surface area (Å²) in [6, 6.07) is 7.72. The zero-order valence-corrected chi connectivity index (χ0v) is 11.7. The lowest BCUT2D eigenvalue weighted by Crippen LogP contribution is -2.09. The summed E-state index contributed by atoms with van der Waals surface area (Å²) in [5.74, 6) is 1.47. The minimum atomic E-state index is -0.158. The SMILES string of the molecule is O=c1[nH]c(C=Cc2ccc3c(c2)CCO3)nc2cnccc12. The molecule has 0 spiro atoms. The first kappa shape index (κ1) is 12.8. The van der Waals surface area contributed by atoms with E-state index >= 15 is 0 Å². The van der Waals surface area contributed by atoms with Gasteiger partial charge in [-0.05, 0) is 35.4 Å². The maximum absolute atomic E-state index is 12.0. The smallest absolute Gasteiger partial charge is 0.259 e. The van der Waals surface area contributed by atoms with E-state index in [1.165, 1.54) is 5.56 Å². The average molecular weight is 291 g/mol. The fourth-order valence-corrected chi connectivity index (χ4v) is 2.57. The molecule has 1 aliphatic heterocycles. The first-order chi connectivity index (χ1) is 10.8. The molecule has 3 aromatic rings. The van der Waals surface area contributed by atoms with Gasteiger partial charge in [-0.3, -0.25) is 9.78 Å². The van der Waals surface area contributed by atoms with Crippen LogP contribution in [0.4, 0.5) is 0 Å². The highest BCUT2D eigenvalue weighted by Crippen LogP contribution is 2.26. The predicted octanol–water partition coefficient (Wildman–Crippen LogP) is 2.42. The minimum absolute atomic E-state index is 0.158. The maximum atomic E-state index is 12.0. The second-order valence-electron chi connectivity index (χ2n) is 5.14. The van der Waals surface area contributed by atoms with Gasteiger partial charge in [-0.2, -0.15) is 0 Å². The third-order valence-electron chi connectivity index (χ3n) is 3.67. The highest BCUT2D eigenvalue weighted by molar-refractivity contribution is 5.78. The summed E-state index contributed by atoms with van der Waals surface area (Å²) in [4.78, 5) is 23.2. The third-order valence-corrected chi connectivity index (χ3v) is 3.67. The molecule has 2 aromatic heterocycles. The maximum Gasteiger partial charge on any atom is 0.259 e. The summed E-state index contributed by atoms with van der Waals surface area (Å²) in [7, 11) is 0. The highest BCUT2D eigenvalue weighted by atomic mass is 16.5. The van der Waals surface area contributed by atoms with Crippen LogP contribution in [0.5, 0.6) is 5.75 Å². The Bertz CT molecular complexity index is 944. The van der Waals surface area contributed by atoms with Crippen LogP contribution in [0.25, 0.3) is 23.1 Å². The van der Waals surface area contributed by atoms with Crippen molar-refractivity contribution in [2.75, 3.05) is 6.61 Å². The third kappa shape index (κ3) is 2.26. The molecular formula is C17H13N3O2. The van der Waals surface area contributed by atoms with Crippen molar-refractivity contribution in [1.29, 1.82) is 0 Å². The number of benzene rings is 1. The van der Waals surface area contributed by atoms with Crippen molar-refractivity contribution in [3.8, 4) is 5.75 Å². The summed E-state index contributed by atoms with van der Waals surface area (Å²) in [6.45, 7) is 0.745. The van der Waals surface area contributed by atoms with Gasteiger partial charge in [-0.1, -0.05) is 12.1 Å². The van der Waals surface area contributed by atoms with Crippen molar-refractivity contribution in [3.63, 3.8) is 0 Å². The van der Waals surface area contributed by atoms with Crippen LogP contribution in [-0.2, 0) is 6.42 Å². The van der Waals surface area contributed by atoms with Crippen LogP contribution in [0.2, 0.25) is 0 Å². The number of hydrogen-bond donors (Lipinski definition) is 1. The van der Waals surface area contributed by atoms with E-state index in [4.69, 9.17) is 4.74 Å². The topological polar surface area (TPSA) is 67.9 Å². The van der Waals surface area contributed by atoms with E-state index in [1.54, 1.807) is 24.5 Å². The monoisotopic (exact) mass is 291 g/mol. The zero-order chi connectivity index (χ0) is 14.9. The van der Waals surface area contributed by atoms with E-state index in [-0.39, 0.29) is 5.56 Å². The number of H-pyrrole nitrogens is 1. The molecule has 0 bridgehead atoms. The van der Waals surface area contributed by atoms with Gasteiger partial charge >= 0.3 is 0 Å². The van der Waals surface area contributed by atoms with Crippen molar-refractivity contribution in [1.82, 2.24) is 15.0 Å². The Labute approximate surface area is 126 Å². The Kier molecular flexibility index (Phi) is 2.96. The second-order valence-corrected chi connectivity index (χ2v) is 5.14. The first-order valence-electron chi connectivity index (χ1n) is 7.07. The van der Waals surface area contributed by atoms with E-state index in [2.05, 4.69) is 21.0 Å². The molecule has 0 saturated carbocycles. The van der Waals surface area contributed by atoms with Gasteiger partial charge in [0, 0.05) is 12.6 Å². The van der Waals surface area contributed by atoms with E-state index in [0.29, 0.717) is 16.7 Å². The lowest BCUT2D eigenvalue weighted by molar-refractivity contribution is 0.357. The molecule has 0 atom stereocenters. The summed E-state index contributed by atoms with van der Waals surface area (Å²) >= 11 is 0. The van der Waals surface area contributed by atoms with E-state index in [1.807, 2.05) is 18.2 Å². The van der Waals surface area contributed by atoms with Gasteiger partial charge in [-0.15, -0.1) is 0 Å². The van der Waals surface area contributed by atoms with Gasteiger partial charge in [0.15, 0.2) is 0 Å². The van der Waals surface area contributed by atoms with Crippen LogP contribution in [0.15, 0.2) is 41.5 Å². The predicted molar refractivity (Wildman–Crippen MR) is 84.7 cm³/mol. The molecule has 3 heterocycles. The largest absolute Gasteiger partial charge is 0.493 e. The molecule has 0 saturated heterocycles. The molecule has 1 N–H and O–H groups in total. The van der Waals surface area contributed by atoms with Gasteiger partial charge in [0.05, 0.1) is 23.7 Å². The molecule has 0 radical (unpaired) electrons. The quantitative estimate of drug-likeness (QED) is 0.787. The lowest BCUT2D eigenvalue weighted by Gasteiger charge is -2.00. The summed E-state index contributed by atoms with van der Waals surface area (Å²) < 4.78 is 5.49. The number of nitrogens with one attached hydrogen (secondary N) is 1. The first-order valence-corrected chi connectivity index (χ1v) is 7.07. The summed E-state index contributed by atoms with van der Waals surface area (Å²) in [5.41, 5.74) is 2.70. The zero-order valence-electron chi connectivity index (χ0n) is 11.7. The molecular weight excluding hydrogens is 278 g/mol. The number of ether oxygens (including phenoxy) is 1. The molecule has 5 heteroatoms. The summed E-state index contributed by atoms with van der Waals surface area (Å²) in [5, 5.41) is 0.543. The van der Waals surface area contributed by atoms with Crippen LogP contribution < -0.4 is 10.3 Å². The number of fused-ring (bicyclic) bond motifs is 2. The van der Waals surface area contributed by atoms with Crippen LogP contribution in [0.3, 0.4) is 0 Å². The lowest BCUT2D eigenvalue weighted by atomic mass is 10.1. The molecule has 0 fully saturated rings. The van der Waals surface area contributed by atoms with Gasteiger partial charge < -0.3 is 9.72 Å². The van der Waals surface area contributed by atoms with Crippen molar-refractivity contribution < 1.29 is 4.74 Å². The Morgan fingerprint density at radius 1 is 1.23 bits per heavy atom. The Balaban J connectivity index is 1.69. The molecule has 5 nitrogen and oxygen atoms in total. The molecule has 22 heavy (non-hydrogen) atoms. The standard InChI is InChI=1S/C17H13N3O2/c21-17-13-5-7-18-10-14(13)19-16(20-17)4-2-11-1-3-15-12(9-11)6-8-22-15/h1-5,7,9-10H,6,8H2,(H,19,20,21). The van der Waals surface area contributed by atoms with Gasteiger partial charge in [-0.25, -0.2) is 4.98 Å². The van der Waals surface area contributed by atoms with Crippen LogP contribution in [0.1, 0.15) is 17.0 Å². The molecule has 1 aliphatic rings. The Morgan fingerprint density at radius 3 is 3.14 bits per heavy atom. The molecule has 0 amide bonds. The van der Waals surface area contributed by atoms with Crippen molar-refractivity contribution in [2.45, 2.75) is 6.42 Å². The molecule has 4 rings (SSSR count). The average Bonchev–Trinajstić information content (AvgIpc) is 3.00. The van der Waals surface area contributed by atoms with Gasteiger partial charge in [0.25, 0.3) is 5.56 Å². The summed E-state index contributed by atoms with van der Waals surface area (Å²) in [6.07, 6.45) is 7.84. The van der Waals surface area contributed by atoms with E-state index in [0.717, 1.165) is 24.3 Å². The molecule has 108 valence electrons. The number of hydrogen-bond acceptors (Lipinski definition) is 4. The van der Waals surface area contributed by atoms with Crippen LogP contribution in [-0.4, -0.2) is 21.6 Å². The Morgan fingerprint density at radius 2 is 2.18 bits per heavy atom. The van der Waals surface area contributed by atoms with Gasteiger partial charge in [0.1, 0.15) is 11.6 Å². The minimum Gasteiger partial charge on any atom is -0.493 e. The fraction of sp³-hybridized carbons (Fsp3) is 0.118. The van der Waals surface area contributed by atoms with Crippen LogP contribution >= 0.6 is 0 Å². The Hall–Kier alpha value is -2.95. The fourth-order valence-electron chi connectivity index (χ4n) is 2.57. The molecule has 0 unspecified atom stereocenters. The van der Waals surface area contributed by atoms with Crippen LogP contribution in [0, 0.1) is 0 Å². The van der Waals surface area contributed by atoms with E-state index < -0.39 is 0 Å². The number of aromatic nitrogens is 3. The second kappa shape index (κ2) is 5.11. The van der Waals surface area contributed by atoms with Crippen molar-refractivity contribution in [3.05, 3.63) is 64.0 Å². The number of nitrogens with zero attached hydrogens (tertiary/aromatic N) is 2. The van der Waals surface area contributed by atoms with E-state index in [9.17, 15) is 4.79 Å². The number of aromatic amines is 1. The number of pyridine rings is 1. The molecule has 0 aliphatic carbocycles. The van der Waals surface area contributed by atoms with Crippen molar-refractivity contribution >= 4 is 23.1 Å². The molecule has 1 aromatic carbocycles. The highest BCUT2D eigenvalue weighted by Gasteiger charge is 2.11. The normalized spacial score (nSPS) is 13.5.